The van der Waals surface area contributed by atoms with E-state index in [2.05, 4.69) is 15.9 Å². The molecule has 0 radical (unpaired) electrons. The number of benzene rings is 1. The Morgan fingerprint density at radius 3 is 2.56 bits per heavy atom. The number of Topliss-reactive ketones (excluding diaryl/α,β-unsaturated/α-hetero) is 1. The first kappa shape index (κ1) is 13.2. The van der Waals surface area contributed by atoms with Crippen LogP contribution < -0.4 is 4.90 Å². The third kappa shape index (κ3) is 2.20. The number of hydrogen-bond acceptors (Lipinski definition) is 3. The first-order valence-corrected chi connectivity index (χ1v) is 6.52. The Bertz CT molecular complexity index is 526. The summed E-state index contributed by atoms with van der Waals surface area (Å²) in [6.07, 6.45) is 0. The lowest BCUT2D eigenvalue weighted by atomic mass is 10.1. The molecule has 0 bridgehead atoms. The summed E-state index contributed by atoms with van der Waals surface area (Å²) in [5.41, 5.74) is 2.21. The summed E-state index contributed by atoms with van der Waals surface area (Å²) in [6.45, 7) is 3.18. The van der Waals surface area contributed by atoms with Crippen molar-refractivity contribution in [3.8, 4) is 0 Å². The van der Waals surface area contributed by atoms with Gasteiger partial charge in [0.1, 0.15) is 0 Å². The lowest BCUT2D eigenvalue weighted by molar-refractivity contribution is -0.114. The van der Waals surface area contributed by atoms with E-state index in [4.69, 9.17) is 0 Å². The average Bonchev–Trinajstić information content (AvgIpc) is 2.51. The molecule has 18 heavy (non-hydrogen) atoms. The van der Waals surface area contributed by atoms with E-state index < -0.39 is 11.7 Å². The number of nitrogens with zero attached hydrogens (tertiary/aromatic N) is 2. The van der Waals surface area contributed by atoms with Crippen molar-refractivity contribution in [1.82, 2.24) is 4.90 Å². The van der Waals surface area contributed by atoms with Crippen LogP contribution in [0.25, 0.3) is 0 Å². The van der Waals surface area contributed by atoms with Gasteiger partial charge in [0, 0.05) is 17.6 Å². The maximum absolute atomic E-state index is 12.0. The number of carbonyl (C=O) groups is 2. The van der Waals surface area contributed by atoms with Gasteiger partial charge in [-0.05, 0) is 38.7 Å². The molecule has 1 aromatic carbocycles. The summed E-state index contributed by atoms with van der Waals surface area (Å²) in [7, 11) is 3.88. The van der Waals surface area contributed by atoms with Crippen molar-refractivity contribution in [3.63, 3.8) is 0 Å². The predicted octanol–water partition coefficient (Wildman–Crippen LogP) is 1.85. The third-order valence-electron chi connectivity index (χ3n) is 2.99. The van der Waals surface area contributed by atoms with Crippen LogP contribution >= 0.6 is 15.9 Å². The Labute approximate surface area is 115 Å². The number of hydrogen-bond donors (Lipinski definition) is 0. The predicted molar refractivity (Wildman–Crippen MR) is 74.1 cm³/mol. The molecule has 4 nitrogen and oxygen atoms in total. The van der Waals surface area contributed by atoms with Crippen molar-refractivity contribution in [1.29, 1.82) is 0 Å². The van der Waals surface area contributed by atoms with Crippen LogP contribution in [0.15, 0.2) is 16.6 Å². The standard InChI is InChI=1S/C13H15BrN2O2/c1-8-6-9(14)7-10-11(8)16(5-4-15(2)3)13(18)12(10)17/h6-7H,4-5H2,1-3H3. The molecule has 0 saturated heterocycles. The minimum Gasteiger partial charge on any atom is -0.308 e. The molecule has 0 aromatic heterocycles. The Hall–Kier alpha value is -1.20. The van der Waals surface area contributed by atoms with E-state index in [1.54, 1.807) is 11.0 Å². The minimum absolute atomic E-state index is 0.409. The van der Waals surface area contributed by atoms with E-state index in [0.717, 1.165) is 22.3 Å². The zero-order chi connectivity index (χ0) is 13.4. The van der Waals surface area contributed by atoms with Gasteiger partial charge in [0.15, 0.2) is 0 Å². The third-order valence-corrected chi connectivity index (χ3v) is 3.45. The second-order valence-corrected chi connectivity index (χ2v) is 5.62. The molecule has 1 aliphatic rings. The van der Waals surface area contributed by atoms with E-state index in [1.165, 1.54) is 0 Å². The molecular weight excluding hydrogens is 296 g/mol. The fourth-order valence-electron chi connectivity index (χ4n) is 2.12. The summed E-state index contributed by atoms with van der Waals surface area (Å²) in [5.74, 6) is -0.832. The monoisotopic (exact) mass is 310 g/mol. The highest BCUT2D eigenvalue weighted by Crippen LogP contribution is 2.34. The van der Waals surface area contributed by atoms with Gasteiger partial charge in [-0.1, -0.05) is 15.9 Å². The number of amides is 1. The summed E-state index contributed by atoms with van der Waals surface area (Å²) in [4.78, 5) is 27.5. The van der Waals surface area contributed by atoms with E-state index in [1.807, 2.05) is 32.0 Å². The zero-order valence-corrected chi connectivity index (χ0v) is 12.2. The van der Waals surface area contributed by atoms with Crippen molar-refractivity contribution in [2.24, 2.45) is 0 Å². The van der Waals surface area contributed by atoms with Crippen molar-refractivity contribution in [3.05, 3.63) is 27.7 Å². The molecule has 1 amide bonds. The molecule has 0 atom stereocenters. The van der Waals surface area contributed by atoms with E-state index in [0.29, 0.717) is 12.1 Å². The number of likely N-dealkylation sites (N-methyl/N-ethyl adjacent to an activating group) is 1. The van der Waals surface area contributed by atoms with E-state index in [-0.39, 0.29) is 0 Å². The molecule has 1 heterocycles. The van der Waals surface area contributed by atoms with Gasteiger partial charge in [-0.25, -0.2) is 0 Å². The second-order valence-electron chi connectivity index (χ2n) is 4.71. The van der Waals surface area contributed by atoms with Gasteiger partial charge in [0.2, 0.25) is 0 Å². The Morgan fingerprint density at radius 1 is 1.28 bits per heavy atom. The largest absolute Gasteiger partial charge is 0.308 e. The molecule has 1 aliphatic heterocycles. The van der Waals surface area contributed by atoms with Gasteiger partial charge in [0.25, 0.3) is 11.7 Å². The van der Waals surface area contributed by atoms with Crippen LogP contribution in [0.4, 0.5) is 5.69 Å². The molecule has 0 aliphatic carbocycles. The molecule has 0 fully saturated rings. The number of carbonyl (C=O) groups excluding carboxylic acids is 2. The van der Waals surface area contributed by atoms with Crippen LogP contribution in [-0.4, -0.2) is 43.8 Å². The van der Waals surface area contributed by atoms with Gasteiger partial charge in [-0.3, -0.25) is 9.59 Å². The Kier molecular flexibility index (Phi) is 3.54. The molecular formula is C13H15BrN2O2. The number of ketones is 1. The first-order valence-electron chi connectivity index (χ1n) is 5.73. The highest BCUT2D eigenvalue weighted by molar-refractivity contribution is 9.10. The zero-order valence-electron chi connectivity index (χ0n) is 10.7. The van der Waals surface area contributed by atoms with Crippen molar-refractivity contribution in [2.75, 3.05) is 32.1 Å². The maximum Gasteiger partial charge on any atom is 0.299 e. The molecule has 0 N–H and O–H groups in total. The lowest BCUT2D eigenvalue weighted by Crippen LogP contribution is -2.36. The fraction of sp³-hybridized carbons (Fsp3) is 0.385. The van der Waals surface area contributed by atoms with Crippen LogP contribution in [0.3, 0.4) is 0 Å². The number of rotatable bonds is 3. The molecule has 5 heteroatoms. The van der Waals surface area contributed by atoms with Crippen LogP contribution in [-0.2, 0) is 4.79 Å². The second kappa shape index (κ2) is 4.82. The van der Waals surface area contributed by atoms with Crippen LogP contribution in [0.5, 0.6) is 0 Å². The molecule has 0 saturated carbocycles. The van der Waals surface area contributed by atoms with Gasteiger partial charge in [-0.15, -0.1) is 0 Å². The highest BCUT2D eigenvalue weighted by Gasteiger charge is 2.36. The highest BCUT2D eigenvalue weighted by atomic mass is 79.9. The van der Waals surface area contributed by atoms with Gasteiger partial charge in [0.05, 0.1) is 11.3 Å². The van der Waals surface area contributed by atoms with Crippen LogP contribution in [0.1, 0.15) is 15.9 Å². The minimum atomic E-state index is -0.423. The fourth-order valence-corrected chi connectivity index (χ4v) is 2.69. The lowest BCUT2D eigenvalue weighted by Gasteiger charge is -2.20. The summed E-state index contributed by atoms with van der Waals surface area (Å²) in [5, 5.41) is 0. The normalized spacial score (nSPS) is 14.6. The topological polar surface area (TPSA) is 40.6 Å². The molecule has 0 spiro atoms. The van der Waals surface area contributed by atoms with Crippen molar-refractivity contribution in [2.45, 2.75) is 6.92 Å². The smallest absolute Gasteiger partial charge is 0.299 e. The Balaban J connectivity index is 2.42. The number of aryl methyl sites for hydroxylation is 1. The maximum atomic E-state index is 12.0. The summed E-state index contributed by atoms with van der Waals surface area (Å²) in [6, 6.07) is 3.64. The van der Waals surface area contributed by atoms with Gasteiger partial charge < -0.3 is 9.80 Å². The molecule has 2 rings (SSSR count). The number of anilines is 1. The summed E-state index contributed by atoms with van der Waals surface area (Å²) < 4.78 is 0.828. The molecule has 0 unspecified atom stereocenters. The average molecular weight is 311 g/mol. The van der Waals surface area contributed by atoms with Gasteiger partial charge >= 0.3 is 0 Å². The molecule has 96 valence electrons. The SMILES string of the molecule is Cc1cc(Br)cc2c1N(CCN(C)C)C(=O)C2=O. The quantitative estimate of drug-likeness (QED) is 0.800. The van der Waals surface area contributed by atoms with Crippen LogP contribution in [0, 0.1) is 6.92 Å². The van der Waals surface area contributed by atoms with Crippen molar-refractivity contribution < 1.29 is 9.59 Å². The first-order chi connectivity index (χ1) is 8.41. The van der Waals surface area contributed by atoms with E-state index in [9.17, 15) is 9.59 Å². The van der Waals surface area contributed by atoms with Gasteiger partial charge in [-0.2, -0.15) is 0 Å². The Morgan fingerprint density at radius 2 is 1.94 bits per heavy atom. The van der Waals surface area contributed by atoms with Crippen molar-refractivity contribution >= 4 is 33.3 Å². The number of fused-ring (bicyclic) bond motifs is 1. The van der Waals surface area contributed by atoms with E-state index >= 15 is 0 Å². The molecule has 1 aromatic rings. The number of halogens is 1. The summed E-state index contributed by atoms with van der Waals surface area (Å²) >= 11 is 3.36. The van der Waals surface area contributed by atoms with Crippen LogP contribution in [0.2, 0.25) is 0 Å².